The van der Waals surface area contributed by atoms with Crippen LogP contribution in [0.5, 0.6) is 5.75 Å². The molecule has 0 saturated carbocycles. The van der Waals surface area contributed by atoms with Crippen LogP contribution in [0.15, 0.2) is 18.2 Å². The maximum atomic E-state index is 11.4. The summed E-state index contributed by atoms with van der Waals surface area (Å²) in [6, 6.07) is 5.93. The fourth-order valence-electron chi connectivity index (χ4n) is 1.51. The third-order valence-electron chi connectivity index (χ3n) is 2.58. The van der Waals surface area contributed by atoms with Crippen molar-refractivity contribution < 1.29 is 14.3 Å². The monoisotopic (exact) mass is 265 g/mol. The third kappa shape index (κ3) is 5.64. The van der Waals surface area contributed by atoms with E-state index >= 15 is 0 Å². The highest BCUT2D eigenvalue weighted by atomic mass is 16.6. The molecule has 0 aliphatic carbocycles. The molecule has 0 unspecified atom stereocenters. The first-order chi connectivity index (χ1) is 8.79. The van der Waals surface area contributed by atoms with Crippen LogP contribution in [0.3, 0.4) is 0 Å². The predicted octanol–water partition coefficient (Wildman–Crippen LogP) is 3.21. The molecule has 1 N–H and O–H groups in total. The highest BCUT2D eigenvalue weighted by molar-refractivity contribution is 5.67. The van der Waals surface area contributed by atoms with Crippen LogP contribution < -0.4 is 10.1 Å². The number of alkyl carbamates (subject to hydrolysis) is 1. The molecule has 1 aromatic rings. The van der Waals surface area contributed by atoms with Gasteiger partial charge in [0.25, 0.3) is 0 Å². The first kappa shape index (κ1) is 15.3. The molecule has 1 rings (SSSR count). The number of hydrogen-bond acceptors (Lipinski definition) is 3. The van der Waals surface area contributed by atoms with Crippen molar-refractivity contribution in [3.8, 4) is 5.75 Å². The zero-order chi connectivity index (χ0) is 14.5. The zero-order valence-electron chi connectivity index (χ0n) is 12.4. The molecule has 0 heterocycles. The van der Waals surface area contributed by atoms with Gasteiger partial charge in [0.05, 0.1) is 6.54 Å². The van der Waals surface area contributed by atoms with E-state index in [1.165, 1.54) is 5.56 Å². The fraction of sp³-hybridized carbons (Fsp3) is 0.533. The first-order valence-electron chi connectivity index (χ1n) is 6.45. The summed E-state index contributed by atoms with van der Waals surface area (Å²) in [5, 5.41) is 2.66. The first-order valence-corrected chi connectivity index (χ1v) is 6.45. The molecule has 4 nitrogen and oxygen atoms in total. The molecule has 0 fully saturated rings. The standard InChI is InChI=1S/C15H23NO3/c1-11-7-6-8-13(12(11)2)18-10-9-16-14(17)19-15(3,4)5/h6-8H,9-10H2,1-5H3,(H,16,17). The summed E-state index contributed by atoms with van der Waals surface area (Å²) in [4.78, 5) is 11.4. The summed E-state index contributed by atoms with van der Waals surface area (Å²) >= 11 is 0. The number of ether oxygens (including phenoxy) is 2. The Balaban J connectivity index is 2.32. The van der Waals surface area contributed by atoms with Crippen molar-refractivity contribution in [3.05, 3.63) is 29.3 Å². The van der Waals surface area contributed by atoms with Crippen molar-refractivity contribution in [1.29, 1.82) is 0 Å². The number of hydrogen-bond donors (Lipinski definition) is 1. The van der Waals surface area contributed by atoms with E-state index in [1.807, 2.05) is 52.8 Å². The topological polar surface area (TPSA) is 47.6 Å². The molecule has 0 aliphatic rings. The predicted molar refractivity (Wildman–Crippen MR) is 75.6 cm³/mol. The average Bonchev–Trinajstić information content (AvgIpc) is 2.27. The second kappa shape index (κ2) is 6.45. The minimum atomic E-state index is -0.474. The number of rotatable bonds is 4. The average molecular weight is 265 g/mol. The van der Waals surface area contributed by atoms with Crippen LogP contribution in [0, 0.1) is 13.8 Å². The number of benzene rings is 1. The third-order valence-corrected chi connectivity index (χ3v) is 2.58. The molecule has 0 spiro atoms. The minimum Gasteiger partial charge on any atom is -0.491 e. The van der Waals surface area contributed by atoms with E-state index in [1.54, 1.807) is 0 Å². The molecule has 0 bridgehead atoms. The molecule has 0 aromatic heterocycles. The summed E-state index contributed by atoms with van der Waals surface area (Å²) in [6.45, 7) is 10.4. The highest BCUT2D eigenvalue weighted by Gasteiger charge is 2.15. The summed E-state index contributed by atoms with van der Waals surface area (Å²) in [5.74, 6) is 0.853. The second-order valence-corrected chi connectivity index (χ2v) is 5.48. The van der Waals surface area contributed by atoms with Crippen LogP contribution >= 0.6 is 0 Å². The summed E-state index contributed by atoms with van der Waals surface area (Å²) in [7, 11) is 0. The summed E-state index contributed by atoms with van der Waals surface area (Å²) in [5.41, 5.74) is 1.84. The fourth-order valence-corrected chi connectivity index (χ4v) is 1.51. The molecule has 19 heavy (non-hydrogen) atoms. The van der Waals surface area contributed by atoms with Gasteiger partial charge in [-0.05, 0) is 51.8 Å². The Morgan fingerprint density at radius 1 is 1.26 bits per heavy atom. The molecule has 0 radical (unpaired) electrons. The second-order valence-electron chi connectivity index (χ2n) is 5.48. The van der Waals surface area contributed by atoms with Gasteiger partial charge in [-0.3, -0.25) is 0 Å². The van der Waals surface area contributed by atoms with Gasteiger partial charge >= 0.3 is 6.09 Å². The lowest BCUT2D eigenvalue weighted by molar-refractivity contribution is 0.0520. The van der Waals surface area contributed by atoms with Crippen LogP contribution in [0.2, 0.25) is 0 Å². The molecule has 1 aromatic carbocycles. The van der Waals surface area contributed by atoms with E-state index in [2.05, 4.69) is 5.32 Å². The van der Waals surface area contributed by atoms with Crippen molar-refractivity contribution in [1.82, 2.24) is 5.32 Å². The minimum absolute atomic E-state index is 0.419. The van der Waals surface area contributed by atoms with Gasteiger partial charge in [-0.25, -0.2) is 4.79 Å². The Morgan fingerprint density at radius 2 is 1.95 bits per heavy atom. The number of carbonyl (C=O) groups is 1. The van der Waals surface area contributed by atoms with E-state index in [9.17, 15) is 4.79 Å². The zero-order valence-corrected chi connectivity index (χ0v) is 12.4. The van der Waals surface area contributed by atoms with E-state index in [4.69, 9.17) is 9.47 Å². The molecule has 106 valence electrons. The summed E-state index contributed by atoms with van der Waals surface area (Å²) < 4.78 is 10.8. The van der Waals surface area contributed by atoms with E-state index < -0.39 is 11.7 Å². The molecule has 0 atom stereocenters. The Morgan fingerprint density at radius 3 is 2.58 bits per heavy atom. The number of carbonyl (C=O) groups excluding carboxylic acids is 1. The highest BCUT2D eigenvalue weighted by Crippen LogP contribution is 2.20. The van der Waals surface area contributed by atoms with Gasteiger partial charge in [-0.2, -0.15) is 0 Å². The van der Waals surface area contributed by atoms with Gasteiger partial charge in [-0.15, -0.1) is 0 Å². The quantitative estimate of drug-likeness (QED) is 0.850. The number of aryl methyl sites for hydroxylation is 1. The Bertz CT molecular complexity index is 436. The Labute approximate surface area is 115 Å². The molecule has 0 aliphatic heterocycles. The lowest BCUT2D eigenvalue weighted by atomic mass is 10.1. The van der Waals surface area contributed by atoms with E-state index in [0.29, 0.717) is 13.2 Å². The van der Waals surface area contributed by atoms with Crippen LogP contribution in [0.1, 0.15) is 31.9 Å². The van der Waals surface area contributed by atoms with Gasteiger partial charge in [-0.1, -0.05) is 12.1 Å². The van der Waals surface area contributed by atoms with Crippen molar-refractivity contribution in [2.75, 3.05) is 13.2 Å². The largest absolute Gasteiger partial charge is 0.491 e. The van der Waals surface area contributed by atoms with Crippen LogP contribution in [0.25, 0.3) is 0 Å². The van der Waals surface area contributed by atoms with Crippen molar-refractivity contribution in [2.24, 2.45) is 0 Å². The number of amides is 1. The summed E-state index contributed by atoms with van der Waals surface area (Å²) in [6.07, 6.45) is -0.419. The smallest absolute Gasteiger partial charge is 0.407 e. The van der Waals surface area contributed by atoms with Crippen LogP contribution in [0.4, 0.5) is 4.79 Å². The van der Waals surface area contributed by atoms with Gasteiger partial charge in [0.1, 0.15) is 18.0 Å². The van der Waals surface area contributed by atoms with Gasteiger partial charge < -0.3 is 14.8 Å². The van der Waals surface area contributed by atoms with Crippen LogP contribution in [-0.4, -0.2) is 24.8 Å². The lowest BCUT2D eigenvalue weighted by Gasteiger charge is -2.19. The van der Waals surface area contributed by atoms with Crippen molar-refractivity contribution in [2.45, 2.75) is 40.2 Å². The van der Waals surface area contributed by atoms with E-state index in [-0.39, 0.29) is 0 Å². The normalized spacial score (nSPS) is 11.0. The molecule has 1 amide bonds. The Kier molecular flexibility index (Phi) is 5.21. The molecule has 0 saturated heterocycles. The number of nitrogens with one attached hydrogen (secondary N) is 1. The molecule has 4 heteroatoms. The molecular weight excluding hydrogens is 242 g/mol. The lowest BCUT2D eigenvalue weighted by Crippen LogP contribution is -2.34. The maximum Gasteiger partial charge on any atom is 0.407 e. The van der Waals surface area contributed by atoms with E-state index in [0.717, 1.165) is 11.3 Å². The molecular formula is C15H23NO3. The van der Waals surface area contributed by atoms with Crippen molar-refractivity contribution >= 4 is 6.09 Å². The van der Waals surface area contributed by atoms with Gasteiger partial charge in [0.2, 0.25) is 0 Å². The SMILES string of the molecule is Cc1cccc(OCCNC(=O)OC(C)(C)C)c1C. The van der Waals surface area contributed by atoms with Crippen LogP contribution in [-0.2, 0) is 4.74 Å². The maximum absolute atomic E-state index is 11.4. The Hall–Kier alpha value is -1.71. The van der Waals surface area contributed by atoms with Gasteiger partial charge in [0.15, 0.2) is 0 Å². The van der Waals surface area contributed by atoms with Crippen molar-refractivity contribution in [3.63, 3.8) is 0 Å². The van der Waals surface area contributed by atoms with Gasteiger partial charge in [0, 0.05) is 0 Å².